The van der Waals surface area contributed by atoms with Crippen LogP contribution in [-0.4, -0.2) is 67.2 Å². The Hall–Kier alpha value is -3.96. The molecule has 1 fully saturated rings. The number of pyridine rings is 1. The summed E-state index contributed by atoms with van der Waals surface area (Å²) in [6, 6.07) is 10.5. The van der Waals surface area contributed by atoms with Crippen molar-refractivity contribution in [3.8, 4) is 0 Å². The van der Waals surface area contributed by atoms with Gasteiger partial charge in [0.1, 0.15) is 5.56 Å². The molecule has 39 heavy (non-hydrogen) atoms. The highest BCUT2D eigenvalue weighted by molar-refractivity contribution is 7.12. The minimum atomic E-state index is -0.669. The van der Waals surface area contributed by atoms with Crippen molar-refractivity contribution in [2.75, 3.05) is 44.8 Å². The predicted octanol–water partition coefficient (Wildman–Crippen LogP) is 4.10. The molecule has 5 rings (SSSR count). The van der Waals surface area contributed by atoms with E-state index in [1.807, 2.05) is 33.2 Å². The van der Waals surface area contributed by atoms with Crippen LogP contribution in [0, 0.1) is 0 Å². The van der Waals surface area contributed by atoms with Gasteiger partial charge in [-0.3, -0.25) is 9.59 Å². The first-order chi connectivity index (χ1) is 18.9. The number of piperazine rings is 1. The maximum absolute atomic E-state index is 13.9. The number of rotatable bonds is 7. The number of methoxy groups -OCH3 is 1. The van der Waals surface area contributed by atoms with Crippen LogP contribution in [0.4, 0.5) is 5.69 Å². The van der Waals surface area contributed by atoms with Crippen LogP contribution in [-0.2, 0) is 16.0 Å². The summed E-state index contributed by atoms with van der Waals surface area (Å²) in [5, 5.41) is 6.50. The zero-order valence-corrected chi connectivity index (χ0v) is 23.2. The van der Waals surface area contributed by atoms with Gasteiger partial charge in [-0.05, 0) is 36.1 Å². The van der Waals surface area contributed by atoms with E-state index in [2.05, 4.69) is 0 Å². The van der Waals surface area contributed by atoms with Crippen molar-refractivity contribution in [1.82, 2.24) is 9.47 Å². The quantitative estimate of drug-likeness (QED) is 0.311. The summed E-state index contributed by atoms with van der Waals surface area (Å²) < 4.78 is 11.7. The highest BCUT2D eigenvalue weighted by Crippen LogP contribution is 2.33. The fourth-order valence-corrected chi connectivity index (χ4v) is 6.28. The number of anilines is 1. The van der Waals surface area contributed by atoms with E-state index in [9.17, 15) is 19.2 Å². The number of carbonyl (C=O) groups is 3. The van der Waals surface area contributed by atoms with E-state index in [1.165, 1.54) is 29.8 Å². The SMILES string of the molecule is CCOC(=O)c1c(N2CCN(C(=O)c3cccs3)CC2)c2cscc2n(Cc2ccc(C(=O)OC)cc2)c1=O. The van der Waals surface area contributed by atoms with Crippen molar-refractivity contribution in [3.05, 3.63) is 84.5 Å². The number of carbonyl (C=O) groups excluding carboxylic acids is 3. The van der Waals surface area contributed by atoms with E-state index in [4.69, 9.17) is 9.47 Å². The van der Waals surface area contributed by atoms with Crippen LogP contribution in [0.5, 0.6) is 0 Å². The van der Waals surface area contributed by atoms with Crippen molar-refractivity contribution in [2.24, 2.45) is 0 Å². The van der Waals surface area contributed by atoms with Crippen molar-refractivity contribution in [2.45, 2.75) is 13.5 Å². The lowest BCUT2D eigenvalue weighted by Gasteiger charge is -2.37. The van der Waals surface area contributed by atoms with Gasteiger partial charge in [-0.1, -0.05) is 18.2 Å². The number of amides is 1. The molecule has 1 amide bonds. The van der Waals surface area contributed by atoms with E-state index in [0.717, 1.165) is 10.9 Å². The molecule has 0 unspecified atom stereocenters. The Balaban J connectivity index is 1.51. The van der Waals surface area contributed by atoms with E-state index < -0.39 is 17.5 Å². The summed E-state index contributed by atoms with van der Waals surface area (Å²) in [4.78, 5) is 56.3. The molecule has 4 aromatic rings. The van der Waals surface area contributed by atoms with Gasteiger partial charge in [0, 0.05) is 42.3 Å². The summed E-state index contributed by atoms with van der Waals surface area (Å²) >= 11 is 2.86. The molecule has 1 aromatic carbocycles. The number of thiophene rings is 2. The number of hydrogen-bond donors (Lipinski definition) is 0. The first-order valence-corrected chi connectivity index (χ1v) is 14.3. The van der Waals surface area contributed by atoms with Gasteiger partial charge in [0.2, 0.25) is 0 Å². The Bertz CT molecular complexity index is 1570. The van der Waals surface area contributed by atoms with E-state index in [0.29, 0.717) is 47.8 Å². The lowest BCUT2D eigenvalue weighted by atomic mass is 10.1. The minimum Gasteiger partial charge on any atom is -0.465 e. The summed E-state index contributed by atoms with van der Waals surface area (Å²) in [6.07, 6.45) is 0. The molecule has 0 saturated carbocycles. The molecule has 9 nitrogen and oxygen atoms in total. The molecule has 4 heterocycles. The highest BCUT2D eigenvalue weighted by Gasteiger charge is 2.31. The summed E-state index contributed by atoms with van der Waals surface area (Å²) in [5.41, 5.74) is 2.02. The van der Waals surface area contributed by atoms with E-state index in [-0.39, 0.29) is 24.6 Å². The van der Waals surface area contributed by atoms with Gasteiger partial charge >= 0.3 is 11.9 Å². The number of benzene rings is 1. The molecule has 11 heteroatoms. The molecule has 0 N–H and O–H groups in total. The molecule has 1 aliphatic rings. The van der Waals surface area contributed by atoms with Crippen LogP contribution in [0.1, 0.15) is 42.9 Å². The molecular weight excluding hydrogens is 538 g/mol. The van der Waals surface area contributed by atoms with Gasteiger partial charge in [0.25, 0.3) is 11.5 Å². The molecule has 0 atom stereocenters. The molecule has 1 aliphatic heterocycles. The molecule has 0 spiro atoms. The van der Waals surface area contributed by atoms with Crippen LogP contribution in [0.15, 0.2) is 57.3 Å². The first-order valence-electron chi connectivity index (χ1n) is 12.5. The fourth-order valence-electron chi connectivity index (χ4n) is 4.77. The molecule has 0 radical (unpaired) electrons. The second kappa shape index (κ2) is 11.4. The third-order valence-corrected chi connectivity index (χ3v) is 8.28. The largest absolute Gasteiger partial charge is 0.465 e. The smallest absolute Gasteiger partial charge is 0.345 e. The van der Waals surface area contributed by atoms with Gasteiger partial charge in [-0.2, -0.15) is 0 Å². The summed E-state index contributed by atoms with van der Waals surface area (Å²) in [6.45, 7) is 3.96. The van der Waals surface area contributed by atoms with Gasteiger partial charge in [0.05, 0.1) is 41.9 Å². The average Bonchev–Trinajstić information content (AvgIpc) is 3.67. The predicted molar refractivity (Wildman–Crippen MR) is 151 cm³/mol. The zero-order valence-electron chi connectivity index (χ0n) is 21.5. The molecule has 202 valence electrons. The Morgan fingerprint density at radius 1 is 0.974 bits per heavy atom. The Morgan fingerprint density at radius 3 is 2.36 bits per heavy atom. The molecule has 1 saturated heterocycles. The van der Waals surface area contributed by atoms with E-state index in [1.54, 1.807) is 40.7 Å². The molecule has 3 aromatic heterocycles. The maximum atomic E-state index is 13.9. The average molecular weight is 566 g/mol. The second-order valence-electron chi connectivity index (χ2n) is 8.95. The van der Waals surface area contributed by atoms with Crippen molar-refractivity contribution >= 4 is 57.1 Å². The zero-order chi connectivity index (χ0) is 27.5. The standard InChI is InChI=1S/C28H27N3O6S2/c1-3-37-28(35)23-24(29-10-12-30(13-11-29)25(32)22-5-4-14-39-22)20-16-38-17-21(20)31(26(23)33)15-18-6-8-19(9-7-18)27(34)36-2/h4-9,14,16-17H,3,10-13,15H2,1-2H3. The Kier molecular flexibility index (Phi) is 7.80. The van der Waals surface area contributed by atoms with Gasteiger partial charge in [-0.25, -0.2) is 9.59 Å². The summed E-state index contributed by atoms with van der Waals surface area (Å²) in [7, 11) is 1.32. The van der Waals surface area contributed by atoms with Crippen LogP contribution in [0.25, 0.3) is 10.9 Å². The van der Waals surface area contributed by atoms with Crippen LogP contribution < -0.4 is 10.5 Å². The van der Waals surface area contributed by atoms with Crippen LogP contribution in [0.2, 0.25) is 0 Å². The normalized spacial score (nSPS) is 13.5. The number of ether oxygens (including phenoxy) is 2. The number of esters is 2. The summed E-state index contributed by atoms with van der Waals surface area (Å²) in [5.74, 6) is -1.12. The Morgan fingerprint density at radius 2 is 1.72 bits per heavy atom. The van der Waals surface area contributed by atoms with Crippen LogP contribution >= 0.6 is 22.7 Å². The lowest BCUT2D eigenvalue weighted by Crippen LogP contribution is -2.49. The first kappa shape index (κ1) is 26.6. The second-order valence-corrected chi connectivity index (χ2v) is 10.6. The third kappa shape index (κ3) is 5.19. The number of hydrogen-bond acceptors (Lipinski definition) is 9. The third-order valence-electron chi connectivity index (χ3n) is 6.69. The number of fused-ring (bicyclic) bond motifs is 1. The number of aromatic nitrogens is 1. The highest BCUT2D eigenvalue weighted by atomic mass is 32.1. The van der Waals surface area contributed by atoms with E-state index >= 15 is 0 Å². The van der Waals surface area contributed by atoms with Gasteiger partial charge in [-0.15, -0.1) is 22.7 Å². The van der Waals surface area contributed by atoms with Crippen LogP contribution in [0.3, 0.4) is 0 Å². The van der Waals surface area contributed by atoms with Gasteiger partial charge < -0.3 is 23.8 Å². The molecular formula is C28H27N3O6S2. The molecule has 0 aliphatic carbocycles. The maximum Gasteiger partial charge on any atom is 0.345 e. The van der Waals surface area contributed by atoms with Crippen molar-refractivity contribution in [3.63, 3.8) is 0 Å². The molecule has 0 bridgehead atoms. The number of nitrogens with zero attached hydrogens (tertiary/aromatic N) is 3. The lowest BCUT2D eigenvalue weighted by molar-refractivity contribution is 0.0522. The van der Waals surface area contributed by atoms with Crippen molar-refractivity contribution < 1.29 is 23.9 Å². The topological polar surface area (TPSA) is 98.2 Å². The Labute approximate surface area is 232 Å². The van der Waals surface area contributed by atoms with Crippen molar-refractivity contribution in [1.29, 1.82) is 0 Å². The fraction of sp³-hybridized carbons (Fsp3) is 0.286. The monoisotopic (exact) mass is 565 g/mol. The van der Waals surface area contributed by atoms with Gasteiger partial charge in [0.15, 0.2) is 0 Å². The minimum absolute atomic E-state index is 0.00744.